The number of nitrogens with one attached hydrogen (secondary N) is 1. The van der Waals surface area contributed by atoms with Crippen LogP contribution in [0.3, 0.4) is 0 Å². The van der Waals surface area contributed by atoms with E-state index in [0.717, 1.165) is 5.69 Å². The standard InChI is InChI=1S/C7H10N2O2/c1-9-5-2-3-7(11-8)6(10)4-5/h2-4,9-10H,8H2,1H3. The van der Waals surface area contributed by atoms with Crippen LogP contribution in [-0.2, 0) is 0 Å². The number of phenolic OH excluding ortho intramolecular Hbond substituents is 1. The molecule has 11 heavy (non-hydrogen) atoms. The summed E-state index contributed by atoms with van der Waals surface area (Å²) in [7, 11) is 1.76. The predicted octanol–water partition coefficient (Wildman–Crippen LogP) is 0.686. The minimum atomic E-state index is 0.0272. The monoisotopic (exact) mass is 154 g/mol. The van der Waals surface area contributed by atoms with Crippen LogP contribution >= 0.6 is 0 Å². The zero-order chi connectivity index (χ0) is 8.27. The number of hydrogen-bond acceptors (Lipinski definition) is 4. The second-order valence-corrected chi connectivity index (χ2v) is 2.05. The molecule has 0 amide bonds. The lowest BCUT2D eigenvalue weighted by Gasteiger charge is -2.03. The van der Waals surface area contributed by atoms with Crippen molar-refractivity contribution in [2.45, 2.75) is 0 Å². The molecule has 0 radical (unpaired) electrons. The molecule has 4 nitrogen and oxygen atoms in total. The average molecular weight is 154 g/mol. The summed E-state index contributed by atoms with van der Waals surface area (Å²) in [6.45, 7) is 0. The molecular weight excluding hydrogens is 144 g/mol. The molecule has 4 heteroatoms. The van der Waals surface area contributed by atoms with E-state index in [0.29, 0.717) is 0 Å². The Bertz CT molecular complexity index is 250. The van der Waals surface area contributed by atoms with Crippen LogP contribution in [-0.4, -0.2) is 12.2 Å². The number of phenols is 1. The molecule has 0 saturated carbocycles. The van der Waals surface area contributed by atoms with E-state index in [1.165, 1.54) is 6.07 Å². The second-order valence-electron chi connectivity index (χ2n) is 2.05. The summed E-state index contributed by atoms with van der Waals surface area (Å²) >= 11 is 0. The number of rotatable bonds is 2. The van der Waals surface area contributed by atoms with Crippen molar-refractivity contribution >= 4 is 5.69 Å². The zero-order valence-electron chi connectivity index (χ0n) is 6.16. The van der Waals surface area contributed by atoms with Gasteiger partial charge in [0.25, 0.3) is 0 Å². The van der Waals surface area contributed by atoms with E-state index < -0.39 is 0 Å². The van der Waals surface area contributed by atoms with Crippen molar-refractivity contribution in [1.29, 1.82) is 0 Å². The van der Waals surface area contributed by atoms with E-state index in [-0.39, 0.29) is 11.5 Å². The van der Waals surface area contributed by atoms with Gasteiger partial charge in [-0.1, -0.05) is 0 Å². The Morgan fingerprint density at radius 3 is 2.73 bits per heavy atom. The molecule has 0 saturated heterocycles. The minimum absolute atomic E-state index is 0.0272. The number of hydrogen-bond donors (Lipinski definition) is 3. The maximum Gasteiger partial charge on any atom is 0.188 e. The predicted molar refractivity (Wildman–Crippen MR) is 42.5 cm³/mol. The quantitative estimate of drug-likeness (QED) is 0.548. The molecule has 4 N–H and O–H groups in total. The molecule has 0 heterocycles. The SMILES string of the molecule is CNc1ccc(ON)c(O)c1. The molecule has 0 aliphatic heterocycles. The van der Waals surface area contributed by atoms with Gasteiger partial charge < -0.3 is 15.3 Å². The first-order chi connectivity index (χ1) is 5.27. The van der Waals surface area contributed by atoms with Crippen molar-refractivity contribution in [3.05, 3.63) is 18.2 Å². The molecule has 0 unspecified atom stereocenters. The summed E-state index contributed by atoms with van der Waals surface area (Å²) in [6, 6.07) is 4.87. The van der Waals surface area contributed by atoms with Crippen LogP contribution in [0.5, 0.6) is 11.5 Å². The first-order valence-corrected chi connectivity index (χ1v) is 3.15. The fourth-order valence-corrected chi connectivity index (χ4v) is 0.773. The molecule has 0 bridgehead atoms. The highest BCUT2D eigenvalue weighted by molar-refractivity contribution is 5.53. The minimum Gasteiger partial charge on any atom is -0.504 e. The molecular formula is C7H10N2O2. The number of anilines is 1. The fraction of sp³-hybridized carbons (Fsp3) is 0.143. The lowest BCUT2D eigenvalue weighted by molar-refractivity contribution is 0.313. The molecule has 0 aliphatic carbocycles. The van der Waals surface area contributed by atoms with E-state index >= 15 is 0 Å². The molecule has 0 aromatic heterocycles. The van der Waals surface area contributed by atoms with Gasteiger partial charge in [-0.2, -0.15) is 5.90 Å². The molecule has 1 aromatic carbocycles. The van der Waals surface area contributed by atoms with Gasteiger partial charge in [0.2, 0.25) is 0 Å². The Morgan fingerprint density at radius 2 is 2.27 bits per heavy atom. The average Bonchev–Trinajstić information content (AvgIpc) is 2.04. The van der Waals surface area contributed by atoms with Gasteiger partial charge in [0.05, 0.1) is 0 Å². The second kappa shape index (κ2) is 3.12. The Hall–Kier alpha value is -1.42. The van der Waals surface area contributed by atoms with Crippen LogP contribution in [0.15, 0.2) is 18.2 Å². The van der Waals surface area contributed by atoms with E-state index in [1.807, 2.05) is 0 Å². The van der Waals surface area contributed by atoms with Gasteiger partial charge in [-0.05, 0) is 12.1 Å². The van der Waals surface area contributed by atoms with E-state index in [1.54, 1.807) is 19.2 Å². The first-order valence-electron chi connectivity index (χ1n) is 3.15. The topological polar surface area (TPSA) is 67.5 Å². The maximum absolute atomic E-state index is 9.18. The molecule has 1 rings (SSSR count). The normalized spacial score (nSPS) is 9.27. The Kier molecular flexibility index (Phi) is 2.18. The van der Waals surface area contributed by atoms with Gasteiger partial charge in [0.1, 0.15) is 0 Å². The van der Waals surface area contributed by atoms with Gasteiger partial charge in [0, 0.05) is 18.8 Å². The molecule has 0 aliphatic rings. The van der Waals surface area contributed by atoms with E-state index in [4.69, 9.17) is 5.90 Å². The number of benzene rings is 1. The van der Waals surface area contributed by atoms with E-state index in [2.05, 4.69) is 10.2 Å². The molecule has 60 valence electrons. The molecule has 1 aromatic rings. The number of aromatic hydroxyl groups is 1. The highest BCUT2D eigenvalue weighted by Gasteiger charge is 2.00. The molecule has 0 fully saturated rings. The summed E-state index contributed by atoms with van der Waals surface area (Å²) < 4.78 is 0. The third-order valence-electron chi connectivity index (χ3n) is 1.37. The molecule has 0 spiro atoms. The van der Waals surface area contributed by atoms with Crippen molar-refractivity contribution in [3.8, 4) is 11.5 Å². The third kappa shape index (κ3) is 1.53. The Labute approximate surface area is 64.5 Å². The van der Waals surface area contributed by atoms with Crippen LogP contribution in [0.2, 0.25) is 0 Å². The summed E-state index contributed by atoms with van der Waals surface area (Å²) in [4.78, 5) is 4.37. The van der Waals surface area contributed by atoms with Crippen molar-refractivity contribution in [2.75, 3.05) is 12.4 Å². The first kappa shape index (κ1) is 7.68. The summed E-state index contributed by atoms with van der Waals surface area (Å²) in [5.41, 5.74) is 0.809. The van der Waals surface area contributed by atoms with E-state index in [9.17, 15) is 5.11 Å². The van der Waals surface area contributed by atoms with Crippen molar-refractivity contribution in [2.24, 2.45) is 5.90 Å². The highest BCUT2D eigenvalue weighted by Crippen LogP contribution is 2.27. The van der Waals surface area contributed by atoms with Gasteiger partial charge in [-0.25, -0.2) is 0 Å². The summed E-state index contributed by atoms with van der Waals surface area (Å²) in [5, 5.41) is 12.0. The van der Waals surface area contributed by atoms with Crippen LogP contribution in [0.4, 0.5) is 5.69 Å². The molecule has 0 atom stereocenters. The van der Waals surface area contributed by atoms with Gasteiger partial charge in [-0.15, -0.1) is 0 Å². The third-order valence-corrected chi connectivity index (χ3v) is 1.37. The lowest BCUT2D eigenvalue weighted by atomic mass is 10.3. The van der Waals surface area contributed by atoms with Gasteiger partial charge >= 0.3 is 0 Å². The maximum atomic E-state index is 9.18. The van der Waals surface area contributed by atoms with Crippen molar-refractivity contribution < 1.29 is 9.94 Å². The van der Waals surface area contributed by atoms with Gasteiger partial charge in [0.15, 0.2) is 11.5 Å². The largest absolute Gasteiger partial charge is 0.504 e. The van der Waals surface area contributed by atoms with Gasteiger partial charge in [-0.3, -0.25) is 0 Å². The lowest BCUT2D eigenvalue weighted by Crippen LogP contribution is -2.01. The Balaban J connectivity index is 2.99. The fourth-order valence-electron chi connectivity index (χ4n) is 0.773. The summed E-state index contributed by atoms with van der Waals surface area (Å²) in [6.07, 6.45) is 0. The van der Waals surface area contributed by atoms with Crippen molar-refractivity contribution in [3.63, 3.8) is 0 Å². The van der Waals surface area contributed by atoms with Crippen LogP contribution in [0.1, 0.15) is 0 Å². The van der Waals surface area contributed by atoms with Crippen LogP contribution in [0.25, 0.3) is 0 Å². The summed E-state index contributed by atoms with van der Waals surface area (Å²) in [5.74, 6) is 5.16. The van der Waals surface area contributed by atoms with Crippen LogP contribution in [0, 0.1) is 0 Å². The van der Waals surface area contributed by atoms with Crippen molar-refractivity contribution in [1.82, 2.24) is 0 Å². The van der Waals surface area contributed by atoms with Crippen LogP contribution < -0.4 is 16.1 Å². The zero-order valence-corrected chi connectivity index (χ0v) is 6.16. The Morgan fingerprint density at radius 1 is 1.55 bits per heavy atom. The highest BCUT2D eigenvalue weighted by atomic mass is 16.6. The number of nitrogens with two attached hydrogens (primary N) is 1. The smallest absolute Gasteiger partial charge is 0.188 e.